The van der Waals surface area contributed by atoms with Crippen LogP contribution in [-0.4, -0.2) is 81.7 Å². The highest BCUT2D eigenvalue weighted by Gasteiger charge is 2.35. The molecular formula is C18H31N5O. The number of carbonyl (C=O) groups is 1. The predicted octanol–water partition coefficient (Wildman–Crippen LogP) is 1.21. The van der Waals surface area contributed by atoms with Crippen LogP contribution in [0.1, 0.15) is 32.3 Å². The summed E-state index contributed by atoms with van der Waals surface area (Å²) < 4.78 is 2.02. The lowest BCUT2D eigenvalue weighted by Gasteiger charge is -2.38. The second-order valence-corrected chi connectivity index (χ2v) is 7.21. The van der Waals surface area contributed by atoms with Crippen molar-refractivity contribution >= 4 is 5.91 Å². The van der Waals surface area contributed by atoms with Gasteiger partial charge in [-0.05, 0) is 45.3 Å². The summed E-state index contributed by atoms with van der Waals surface area (Å²) in [6, 6.07) is 0.391. The summed E-state index contributed by atoms with van der Waals surface area (Å²) in [5.41, 5.74) is 1.19. The lowest BCUT2D eigenvalue weighted by Crippen LogP contribution is -2.55. The molecule has 0 aliphatic carbocycles. The molecule has 2 aliphatic rings. The number of nitrogens with zero attached hydrogens (tertiary/aromatic N) is 5. The first-order valence-electron chi connectivity index (χ1n) is 9.34. The fraction of sp³-hybridized carbons (Fsp3) is 0.778. The van der Waals surface area contributed by atoms with Crippen LogP contribution in [0, 0.1) is 6.92 Å². The quantitative estimate of drug-likeness (QED) is 0.812. The zero-order valence-electron chi connectivity index (χ0n) is 15.3. The van der Waals surface area contributed by atoms with Crippen molar-refractivity contribution in [3.05, 3.63) is 18.0 Å². The smallest absolute Gasteiger partial charge is 0.239 e. The van der Waals surface area contributed by atoms with Gasteiger partial charge in [-0.25, -0.2) is 0 Å². The molecule has 0 aromatic carbocycles. The average Bonchev–Trinajstić information content (AvgIpc) is 3.23. The van der Waals surface area contributed by atoms with Crippen molar-refractivity contribution in [2.45, 2.75) is 52.2 Å². The zero-order chi connectivity index (χ0) is 17.1. The van der Waals surface area contributed by atoms with Gasteiger partial charge in [-0.3, -0.25) is 14.4 Å². The second kappa shape index (κ2) is 7.66. The molecule has 1 amide bonds. The molecule has 0 radical (unpaired) electrons. The molecule has 0 N–H and O–H groups in total. The fourth-order valence-electron chi connectivity index (χ4n) is 4.04. The Morgan fingerprint density at radius 1 is 1.29 bits per heavy atom. The molecule has 0 spiro atoms. The minimum Gasteiger partial charge on any atom is -0.339 e. The molecule has 3 rings (SSSR count). The molecular weight excluding hydrogens is 302 g/mol. The minimum absolute atomic E-state index is 0.0256. The Bertz CT molecular complexity index is 549. The van der Waals surface area contributed by atoms with Crippen molar-refractivity contribution in [2.24, 2.45) is 0 Å². The van der Waals surface area contributed by atoms with E-state index >= 15 is 0 Å². The Morgan fingerprint density at radius 2 is 2.04 bits per heavy atom. The summed E-state index contributed by atoms with van der Waals surface area (Å²) in [6.07, 6.45) is 6.32. The molecule has 0 bridgehead atoms. The highest BCUT2D eigenvalue weighted by atomic mass is 16.2. The number of likely N-dealkylation sites (tertiary alicyclic amines) is 1. The molecule has 6 heteroatoms. The summed E-state index contributed by atoms with van der Waals surface area (Å²) in [7, 11) is 0. The Hall–Kier alpha value is -1.40. The van der Waals surface area contributed by atoms with Crippen molar-refractivity contribution in [1.82, 2.24) is 24.5 Å². The molecule has 0 unspecified atom stereocenters. The van der Waals surface area contributed by atoms with E-state index in [-0.39, 0.29) is 6.04 Å². The molecule has 3 heterocycles. The number of piperazine rings is 1. The van der Waals surface area contributed by atoms with E-state index in [1.54, 1.807) is 0 Å². The maximum atomic E-state index is 12.9. The molecule has 2 saturated heterocycles. The molecule has 6 nitrogen and oxygen atoms in total. The lowest BCUT2D eigenvalue weighted by molar-refractivity contribution is -0.138. The third-order valence-electron chi connectivity index (χ3n) is 5.57. The summed E-state index contributed by atoms with van der Waals surface area (Å²) in [6.45, 7) is 13.1. The number of carbonyl (C=O) groups excluding carboxylic acids is 1. The van der Waals surface area contributed by atoms with Gasteiger partial charge in [0.2, 0.25) is 5.91 Å². The van der Waals surface area contributed by atoms with E-state index in [1.165, 1.54) is 12.0 Å². The molecule has 1 aromatic heterocycles. The van der Waals surface area contributed by atoms with Gasteiger partial charge in [-0.2, -0.15) is 5.10 Å². The number of likely N-dealkylation sites (N-methyl/N-ethyl adjacent to an activating group) is 1. The van der Waals surface area contributed by atoms with Gasteiger partial charge in [0.15, 0.2) is 0 Å². The van der Waals surface area contributed by atoms with Gasteiger partial charge in [0.05, 0.1) is 18.8 Å². The number of hydrogen-bond acceptors (Lipinski definition) is 4. The molecule has 2 atom stereocenters. The van der Waals surface area contributed by atoms with Crippen LogP contribution in [0.5, 0.6) is 0 Å². The minimum atomic E-state index is -0.0256. The van der Waals surface area contributed by atoms with Gasteiger partial charge >= 0.3 is 0 Å². The second-order valence-electron chi connectivity index (χ2n) is 7.21. The van der Waals surface area contributed by atoms with Crippen LogP contribution in [0.2, 0.25) is 0 Å². The predicted molar refractivity (Wildman–Crippen MR) is 94.8 cm³/mol. The standard InChI is InChI=1S/C18H31N5O/c1-4-20-8-10-21(11-9-20)18(24)16(3)23-7-5-6-17(23)14-22-13-15(2)12-19-22/h12-13,16-17H,4-11,14H2,1-3H3/t16-,17-/m0/s1. The molecule has 2 fully saturated rings. The SMILES string of the molecule is CCN1CCN(C(=O)[C@H](C)N2CCC[C@H]2Cn2cc(C)cn2)CC1. The highest BCUT2D eigenvalue weighted by molar-refractivity contribution is 5.81. The number of amides is 1. The zero-order valence-corrected chi connectivity index (χ0v) is 15.3. The third kappa shape index (κ3) is 3.81. The van der Waals surface area contributed by atoms with Gasteiger partial charge in [-0.15, -0.1) is 0 Å². The van der Waals surface area contributed by atoms with E-state index in [2.05, 4.69) is 46.8 Å². The van der Waals surface area contributed by atoms with Gasteiger partial charge < -0.3 is 9.80 Å². The van der Waals surface area contributed by atoms with Crippen LogP contribution in [0.4, 0.5) is 0 Å². The summed E-state index contributed by atoms with van der Waals surface area (Å²) in [5.74, 6) is 0.300. The van der Waals surface area contributed by atoms with Crippen LogP contribution in [0.3, 0.4) is 0 Å². The first-order valence-corrected chi connectivity index (χ1v) is 9.34. The van der Waals surface area contributed by atoms with Gasteiger partial charge in [0, 0.05) is 38.4 Å². The first kappa shape index (κ1) is 17.4. The summed E-state index contributed by atoms with van der Waals surface area (Å²) in [4.78, 5) is 19.8. The molecule has 1 aromatic rings. The summed E-state index contributed by atoms with van der Waals surface area (Å²) >= 11 is 0. The molecule has 2 aliphatic heterocycles. The number of aromatic nitrogens is 2. The largest absolute Gasteiger partial charge is 0.339 e. The van der Waals surface area contributed by atoms with Gasteiger partial charge in [0.25, 0.3) is 0 Å². The Balaban J connectivity index is 1.58. The van der Waals surface area contributed by atoms with Crippen molar-refractivity contribution in [2.75, 3.05) is 39.3 Å². The van der Waals surface area contributed by atoms with E-state index in [0.29, 0.717) is 11.9 Å². The monoisotopic (exact) mass is 333 g/mol. The van der Waals surface area contributed by atoms with Crippen LogP contribution >= 0.6 is 0 Å². The van der Waals surface area contributed by atoms with Crippen molar-refractivity contribution < 1.29 is 4.79 Å². The normalized spacial score (nSPS) is 24.5. The highest BCUT2D eigenvalue weighted by Crippen LogP contribution is 2.23. The van der Waals surface area contributed by atoms with Gasteiger partial charge in [0.1, 0.15) is 0 Å². The number of rotatable bonds is 5. The van der Waals surface area contributed by atoms with E-state index < -0.39 is 0 Å². The van der Waals surface area contributed by atoms with Crippen LogP contribution in [0.25, 0.3) is 0 Å². The van der Waals surface area contributed by atoms with E-state index in [1.807, 2.05) is 10.9 Å². The first-order chi connectivity index (χ1) is 11.6. The number of hydrogen-bond donors (Lipinski definition) is 0. The topological polar surface area (TPSA) is 44.6 Å². The Morgan fingerprint density at radius 3 is 2.67 bits per heavy atom. The lowest BCUT2D eigenvalue weighted by atomic mass is 10.1. The molecule has 24 heavy (non-hydrogen) atoms. The van der Waals surface area contributed by atoms with Crippen LogP contribution in [-0.2, 0) is 11.3 Å². The van der Waals surface area contributed by atoms with Crippen LogP contribution < -0.4 is 0 Å². The average molecular weight is 333 g/mol. The Kier molecular flexibility index (Phi) is 5.56. The van der Waals surface area contributed by atoms with E-state index in [0.717, 1.165) is 52.2 Å². The maximum Gasteiger partial charge on any atom is 0.239 e. The summed E-state index contributed by atoms with van der Waals surface area (Å²) in [5, 5.41) is 4.41. The molecule has 134 valence electrons. The van der Waals surface area contributed by atoms with Gasteiger partial charge in [-0.1, -0.05) is 6.92 Å². The van der Waals surface area contributed by atoms with Crippen molar-refractivity contribution in [3.8, 4) is 0 Å². The van der Waals surface area contributed by atoms with E-state index in [9.17, 15) is 4.79 Å². The van der Waals surface area contributed by atoms with E-state index in [4.69, 9.17) is 0 Å². The fourth-order valence-corrected chi connectivity index (χ4v) is 4.04. The van der Waals surface area contributed by atoms with Crippen molar-refractivity contribution in [3.63, 3.8) is 0 Å². The maximum absolute atomic E-state index is 12.9. The van der Waals surface area contributed by atoms with Crippen molar-refractivity contribution in [1.29, 1.82) is 0 Å². The Labute approximate surface area is 145 Å². The third-order valence-corrected chi connectivity index (χ3v) is 5.57. The molecule has 0 saturated carbocycles. The number of aryl methyl sites for hydroxylation is 1. The van der Waals surface area contributed by atoms with Crippen LogP contribution in [0.15, 0.2) is 12.4 Å².